The topological polar surface area (TPSA) is 29.5 Å². The summed E-state index contributed by atoms with van der Waals surface area (Å²) >= 11 is 3.47. The van der Waals surface area contributed by atoms with Crippen LogP contribution in [-0.4, -0.2) is 17.4 Å². The van der Waals surface area contributed by atoms with Crippen LogP contribution in [0.25, 0.3) is 0 Å². The first-order valence-electron chi connectivity index (χ1n) is 6.91. The lowest BCUT2D eigenvalue weighted by molar-refractivity contribution is -0.135. The largest absolute Gasteiger partial charge is 0.483 e. The molecule has 0 saturated heterocycles. The lowest BCUT2D eigenvalue weighted by atomic mass is 10.1. The number of nitrogens with zero attached hydrogens (tertiary/aromatic N) is 1. The second-order valence-electron chi connectivity index (χ2n) is 5.15. The van der Waals surface area contributed by atoms with Gasteiger partial charge in [-0.05, 0) is 30.7 Å². The highest BCUT2D eigenvalue weighted by atomic mass is 79.9. The first-order chi connectivity index (χ1) is 10.1. The third-order valence-corrected chi connectivity index (χ3v) is 4.28. The summed E-state index contributed by atoms with van der Waals surface area (Å²) in [6.07, 6.45) is 0. The van der Waals surface area contributed by atoms with Crippen molar-refractivity contribution in [2.24, 2.45) is 0 Å². The average molecular weight is 346 g/mol. The number of rotatable bonds is 2. The Balaban J connectivity index is 1.93. The fourth-order valence-electron chi connectivity index (χ4n) is 2.57. The van der Waals surface area contributed by atoms with Crippen LogP contribution in [0.5, 0.6) is 5.75 Å². The predicted molar refractivity (Wildman–Crippen MR) is 85.0 cm³/mol. The molecule has 0 N–H and O–H groups in total. The summed E-state index contributed by atoms with van der Waals surface area (Å²) < 4.78 is 6.61. The molecule has 108 valence electrons. The fourth-order valence-corrected chi connectivity index (χ4v) is 2.98. The molecular formula is C17H16BrNO2. The lowest BCUT2D eigenvalue weighted by Crippen LogP contribution is -2.34. The van der Waals surface area contributed by atoms with Gasteiger partial charge in [-0.25, -0.2) is 0 Å². The van der Waals surface area contributed by atoms with Crippen LogP contribution in [0, 0.1) is 0 Å². The predicted octanol–water partition coefficient (Wildman–Crippen LogP) is 3.93. The minimum Gasteiger partial charge on any atom is -0.483 e. The molecule has 21 heavy (non-hydrogen) atoms. The van der Waals surface area contributed by atoms with E-state index in [1.165, 1.54) is 0 Å². The molecule has 1 aliphatic rings. The molecule has 0 saturated carbocycles. The van der Waals surface area contributed by atoms with Crippen molar-refractivity contribution in [1.82, 2.24) is 4.90 Å². The van der Waals surface area contributed by atoms with Crippen LogP contribution >= 0.6 is 15.9 Å². The Labute approximate surface area is 132 Å². The van der Waals surface area contributed by atoms with Gasteiger partial charge in [0.05, 0.1) is 12.6 Å². The molecule has 2 aromatic rings. The zero-order chi connectivity index (χ0) is 14.8. The number of hydrogen-bond acceptors (Lipinski definition) is 2. The number of hydrogen-bond donors (Lipinski definition) is 0. The van der Waals surface area contributed by atoms with Gasteiger partial charge in [0.1, 0.15) is 5.75 Å². The van der Waals surface area contributed by atoms with Gasteiger partial charge < -0.3 is 9.64 Å². The molecule has 0 spiro atoms. The van der Waals surface area contributed by atoms with Crippen LogP contribution in [0.2, 0.25) is 0 Å². The second-order valence-corrected chi connectivity index (χ2v) is 6.06. The Morgan fingerprint density at radius 1 is 1.19 bits per heavy atom. The monoisotopic (exact) mass is 345 g/mol. The smallest absolute Gasteiger partial charge is 0.261 e. The molecule has 0 bridgehead atoms. The Hall–Kier alpha value is -1.81. The molecule has 3 rings (SSSR count). The van der Waals surface area contributed by atoms with E-state index in [-0.39, 0.29) is 18.6 Å². The number of fused-ring (bicyclic) bond motifs is 1. The molecule has 0 radical (unpaired) electrons. The molecule has 4 heteroatoms. The summed E-state index contributed by atoms with van der Waals surface area (Å²) in [4.78, 5) is 14.2. The zero-order valence-corrected chi connectivity index (χ0v) is 13.3. The molecule has 3 nitrogen and oxygen atoms in total. The van der Waals surface area contributed by atoms with Crippen molar-refractivity contribution in [3.05, 3.63) is 64.1 Å². The van der Waals surface area contributed by atoms with Crippen molar-refractivity contribution in [1.29, 1.82) is 0 Å². The highest BCUT2D eigenvalue weighted by Crippen LogP contribution is 2.30. The summed E-state index contributed by atoms with van der Waals surface area (Å²) in [7, 11) is 0. The quantitative estimate of drug-likeness (QED) is 0.825. The van der Waals surface area contributed by atoms with Gasteiger partial charge in [0, 0.05) is 10.0 Å². The first-order valence-corrected chi connectivity index (χ1v) is 7.70. The molecular weight excluding hydrogens is 330 g/mol. The molecule has 1 atom stereocenters. The van der Waals surface area contributed by atoms with Gasteiger partial charge in [-0.1, -0.05) is 46.3 Å². The Morgan fingerprint density at radius 3 is 2.71 bits per heavy atom. The van der Waals surface area contributed by atoms with Crippen LogP contribution in [0.15, 0.2) is 53.0 Å². The van der Waals surface area contributed by atoms with Crippen molar-refractivity contribution >= 4 is 21.8 Å². The number of halogens is 1. The molecule has 0 fully saturated rings. The van der Waals surface area contributed by atoms with Gasteiger partial charge in [-0.15, -0.1) is 0 Å². The number of carbonyl (C=O) groups excluding carboxylic acids is 1. The first kappa shape index (κ1) is 14.1. The van der Waals surface area contributed by atoms with Crippen LogP contribution < -0.4 is 4.74 Å². The van der Waals surface area contributed by atoms with Crippen LogP contribution in [0.4, 0.5) is 0 Å². The maximum Gasteiger partial charge on any atom is 0.261 e. The van der Waals surface area contributed by atoms with Gasteiger partial charge in [0.2, 0.25) is 0 Å². The number of carbonyl (C=O) groups is 1. The van der Waals surface area contributed by atoms with Gasteiger partial charge in [-0.3, -0.25) is 4.79 Å². The van der Waals surface area contributed by atoms with Crippen LogP contribution in [-0.2, 0) is 11.3 Å². The van der Waals surface area contributed by atoms with Gasteiger partial charge in [0.15, 0.2) is 6.61 Å². The van der Waals surface area contributed by atoms with E-state index in [1.54, 1.807) is 0 Å². The summed E-state index contributed by atoms with van der Waals surface area (Å²) in [5.74, 6) is 0.799. The van der Waals surface area contributed by atoms with Crippen LogP contribution in [0.1, 0.15) is 24.1 Å². The summed E-state index contributed by atoms with van der Waals surface area (Å²) in [6, 6.07) is 15.9. The molecule has 0 aromatic heterocycles. The van der Waals surface area contributed by atoms with E-state index in [9.17, 15) is 4.79 Å². The van der Waals surface area contributed by atoms with E-state index in [2.05, 4.69) is 22.9 Å². The minimum atomic E-state index is 0.0127. The standard InChI is InChI=1S/C17H16BrNO2/c1-12(13-5-3-2-4-6-13)19-10-14-9-15(18)7-8-16(14)21-11-17(19)20/h2-9,12H,10-11H2,1H3/t12-/m1/s1. The van der Waals surface area contributed by atoms with Gasteiger partial charge in [0.25, 0.3) is 5.91 Å². The van der Waals surface area contributed by atoms with Gasteiger partial charge in [-0.2, -0.15) is 0 Å². The Bertz CT molecular complexity index is 657. The lowest BCUT2D eigenvalue weighted by Gasteiger charge is -2.28. The number of benzene rings is 2. The third-order valence-electron chi connectivity index (χ3n) is 3.78. The summed E-state index contributed by atoms with van der Waals surface area (Å²) in [5.41, 5.74) is 2.15. The van der Waals surface area contributed by atoms with Gasteiger partial charge >= 0.3 is 0 Å². The normalized spacial score (nSPS) is 15.9. The SMILES string of the molecule is C[C@H](c1ccccc1)N1Cc2cc(Br)ccc2OCC1=O. The highest BCUT2D eigenvalue weighted by Gasteiger charge is 2.26. The minimum absolute atomic E-state index is 0.0127. The van der Waals surface area contributed by atoms with Crippen molar-refractivity contribution < 1.29 is 9.53 Å². The Morgan fingerprint density at radius 2 is 1.95 bits per heavy atom. The number of ether oxygens (including phenoxy) is 1. The summed E-state index contributed by atoms with van der Waals surface area (Å²) in [5, 5.41) is 0. The van der Waals surface area contributed by atoms with E-state index in [0.29, 0.717) is 6.54 Å². The highest BCUT2D eigenvalue weighted by molar-refractivity contribution is 9.10. The molecule has 0 aliphatic carbocycles. The molecule has 1 aliphatic heterocycles. The molecule has 1 heterocycles. The molecule has 0 unspecified atom stereocenters. The fraction of sp³-hybridized carbons (Fsp3) is 0.235. The van der Waals surface area contributed by atoms with E-state index in [1.807, 2.05) is 53.4 Å². The summed E-state index contributed by atoms with van der Waals surface area (Å²) in [6.45, 7) is 2.70. The van der Waals surface area contributed by atoms with Crippen molar-refractivity contribution in [2.75, 3.05) is 6.61 Å². The van der Waals surface area contributed by atoms with E-state index in [4.69, 9.17) is 4.74 Å². The second kappa shape index (κ2) is 5.90. The zero-order valence-electron chi connectivity index (χ0n) is 11.8. The molecule has 2 aromatic carbocycles. The van der Waals surface area contributed by atoms with E-state index in [0.717, 1.165) is 21.3 Å². The van der Waals surface area contributed by atoms with E-state index >= 15 is 0 Å². The maximum absolute atomic E-state index is 12.4. The number of amides is 1. The van der Waals surface area contributed by atoms with Crippen molar-refractivity contribution in [3.8, 4) is 5.75 Å². The Kier molecular flexibility index (Phi) is 3.97. The average Bonchev–Trinajstić information content (AvgIpc) is 2.67. The maximum atomic E-state index is 12.4. The van der Waals surface area contributed by atoms with E-state index < -0.39 is 0 Å². The van der Waals surface area contributed by atoms with Crippen molar-refractivity contribution in [3.63, 3.8) is 0 Å². The van der Waals surface area contributed by atoms with Crippen molar-refractivity contribution in [2.45, 2.75) is 19.5 Å². The third kappa shape index (κ3) is 2.95. The molecule has 1 amide bonds. The van der Waals surface area contributed by atoms with Crippen LogP contribution in [0.3, 0.4) is 0 Å².